The van der Waals surface area contributed by atoms with Gasteiger partial charge in [-0.25, -0.2) is 0 Å². The molecule has 0 aliphatic rings. The second-order valence-electron chi connectivity index (χ2n) is 2.06. The van der Waals surface area contributed by atoms with E-state index in [1.54, 1.807) is 10.9 Å². The van der Waals surface area contributed by atoms with E-state index in [0.29, 0.717) is 0 Å². The summed E-state index contributed by atoms with van der Waals surface area (Å²) in [5.41, 5.74) is 1.07. The van der Waals surface area contributed by atoms with Crippen molar-refractivity contribution in [3.8, 4) is 0 Å². The second-order valence-corrected chi connectivity index (χ2v) is 2.72. The van der Waals surface area contributed by atoms with E-state index in [0.717, 1.165) is 5.56 Å². The van der Waals surface area contributed by atoms with E-state index in [1.807, 2.05) is 20.2 Å². The molecule has 0 aliphatic heterocycles. The maximum Gasteiger partial charge on any atom is 0.0588 e. The third-order valence-electron chi connectivity index (χ3n) is 1.18. The number of aryl methyl sites for hydroxylation is 1. The van der Waals surface area contributed by atoms with Crippen LogP contribution in [0.5, 0.6) is 0 Å². The van der Waals surface area contributed by atoms with E-state index in [-0.39, 0.29) is 5.38 Å². The molecule has 0 saturated carbocycles. The summed E-state index contributed by atoms with van der Waals surface area (Å²) in [6.45, 7) is 1.93. The molecule has 1 atom stereocenters. The van der Waals surface area contributed by atoms with Crippen molar-refractivity contribution in [2.75, 3.05) is 0 Å². The first-order valence-electron chi connectivity index (χ1n) is 2.83. The molecule has 1 heterocycles. The third kappa shape index (κ3) is 1.45. The number of rotatable bonds is 1. The largest absolute Gasteiger partial charge is 0.275 e. The molecule has 1 unspecified atom stereocenters. The number of alkyl halides is 1. The predicted octanol–water partition coefficient (Wildman–Crippen LogP) is 1.72. The average molecular weight is 145 g/mol. The molecule has 0 amide bonds. The van der Waals surface area contributed by atoms with Gasteiger partial charge in [0.25, 0.3) is 0 Å². The van der Waals surface area contributed by atoms with Crippen LogP contribution in [0.4, 0.5) is 0 Å². The van der Waals surface area contributed by atoms with E-state index >= 15 is 0 Å². The molecule has 0 aromatic carbocycles. The van der Waals surface area contributed by atoms with Gasteiger partial charge in [-0.1, -0.05) is 0 Å². The van der Waals surface area contributed by atoms with Crippen LogP contribution in [-0.2, 0) is 7.05 Å². The number of hydrogen-bond donors (Lipinski definition) is 0. The molecule has 0 fully saturated rings. The maximum absolute atomic E-state index is 5.76. The van der Waals surface area contributed by atoms with Crippen LogP contribution in [0.3, 0.4) is 0 Å². The highest BCUT2D eigenvalue weighted by Crippen LogP contribution is 2.16. The van der Waals surface area contributed by atoms with Crippen molar-refractivity contribution < 1.29 is 0 Å². The molecule has 9 heavy (non-hydrogen) atoms. The molecule has 50 valence electrons. The molecular weight excluding hydrogens is 136 g/mol. The lowest BCUT2D eigenvalue weighted by Crippen LogP contribution is -1.84. The van der Waals surface area contributed by atoms with Crippen molar-refractivity contribution in [2.45, 2.75) is 12.3 Å². The molecule has 0 saturated heterocycles. The first kappa shape index (κ1) is 6.62. The zero-order chi connectivity index (χ0) is 6.85. The minimum Gasteiger partial charge on any atom is -0.275 e. The van der Waals surface area contributed by atoms with Crippen LogP contribution in [0.25, 0.3) is 0 Å². The molecule has 1 rings (SSSR count). The number of nitrogens with zero attached hydrogens (tertiary/aromatic N) is 2. The minimum atomic E-state index is 0.0682. The Balaban J connectivity index is 2.85. The van der Waals surface area contributed by atoms with Crippen LogP contribution in [-0.4, -0.2) is 9.78 Å². The predicted molar refractivity (Wildman–Crippen MR) is 37.5 cm³/mol. The Hall–Kier alpha value is -0.500. The lowest BCUT2D eigenvalue weighted by molar-refractivity contribution is 0.767. The van der Waals surface area contributed by atoms with Crippen molar-refractivity contribution in [3.05, 3.63) is 18.0 Å². The van der Waals surface area contributed by atoms with Gasteiger partial charge in [0.2, 0.25) is 0 Å². The Morgan fingerprint density at radius 3 is 2.67 bits per heavy atom. The fourth-order valence-electron chi connectivity index (χ4n) is 0.646. The van der Waals surface area contributed by atoms with E-state index in [1.165, 1.54) is 0 Å². The third-order valence-corrected chi connectivity index (χ3v) is 1.44. The molecular formula is C6H9ClN2. The van der Waals surface area contributed by atoms with Gasteiger partial charge in [0, 0.05) is 18.8 Å². The first-order valence-corrected chi connectivity index (χ1v) is 3.26. The lowest BCUT2D eigenvalue weighted by atomic mass is 10.3. The summed E-state index contributed by atoms with van der Waals surface area (Å²) < 4.78 is 1.74. The van der Waals surface area contributed by atoms with Gasteiger partial charge in [-0.3, -0.25) is 4.68 Å². The molecule has 1 aromatic heterocycles. The lowest BCUT2D eigenvalue weighted by Gasteiger charge is -1.93. The summed E-state index contributed by atoms with van der Waals surface area (Å²) in [4.78, 5) is 0. The summed E-state index contributed by atoms with van der Waals surface area (Å²) in [5.74, 6) is 0. The van der Waals surface area contributed by atoms with Crippen molar-refractivity contribution in [3.63, 3.8) is 0 Å². The number of hydrogen-bond acceptors (Lipinski definition) is 1. The highest BCUT2D eigenvalue weighted by atomic mass is 35.5. The number of halogens is 1. The normalized spacial score (nSPS) is 13.7. The van der Waals surface area contributed by atoms with Crippen LogP contribution in [0.2, 0.25) is 0 Å². The first-order chi connectivity index (χ1) is 4.20. The van der Waals surface area contributed by atoms with E-state index in [9.17, 15) is 0 Å². The minimum absolute atomic E-state index is 0.0682. The van der Waals surface area contributed by atoms with Gasteiger partial charge in [0.05, 0.1) is 11.6 Å². The van der Waals surface area contributed by atoms with Gasteiger partial charge in [0.15, 0.2) is 0 Å². The number of aromatic nitrogens is 2. The van der Waals surface area contributed by atoms with Crippen LogP contribution in [0.15, 0.2) is 12.4 Å². The van der Waals surface area contributed by atoms with Gasteiger partial charge in [-0.15, -0.1) is 11.6 Å². The quantitative estimate of drug-likeness (QED) is 0.549. The zero-order valence-electron chi connectivity index (χ0n) is 5.50. The highest BCUT2D eigenvalue weighted by Gasteiger charge is 2.00. The molecule has 2 nitrogen and oxygen atoms in total. The van der Waals surface area contributed by atoms with Crippen LogP contribution in [0, 0.1) is 0 Å². The van der Waals surface area contributed by atoms with E-state index in [2.05, 4.69) is 5.10 Å². The topological polar surface area (TPSA) is 17.8 Å². The smallest absolute Gasteiger partial charge is 0.0588 e. The summed E-state index contributed by atoms with van der Waals surface area (Å²) in [6.07, 6.45) is 3.69. The Labute approximate surface area is 59.4 Å². The maximum atomic E-state index is 5.76. The van der Waals surface area contributed by atoms with Gasteiger partial charge >= 0.3 is 0 Å². The summed E-state index contributed by atoms with van der Waals surface area (Å²) in [7, 11) is 1.88. The van der Waals surface area contributed by atoms with E-state index < -0.39 is 0 Å². The summed E-state index contributed by atoms with van der Waals surface area (Å²) in [6, 6.07) is 0. The zero-order valence-corrected chi connectivity index (χ0v) is 6.26. The SMILES string of the molecule is CC(Cl)c1cnn(C)c1. The Morgan fingerprint density at radius 2 is 2.44 bits per heavy atom. The van der Waals surface area contributed by atoms with Crippen LogP contribution >= 0.6 is 11.6 Å². The van der Waals surface area contributed by atoms with Gasteiger partial charge < -0.3 is 0 Å². The van der Waals surface area contributed by atoms with Crippen molar-refractivity contribution >= 4 is 11.6 Å². The second kappa shape index (κ2) is 2.40. The van der Waals surface area contributed by atoms with Gasteiger partial charge in [0.1, 0.15) is 0 Å². The molecule has 0 bridgehead atoms. The van der Waals surface area contributed by atoms with Crippen molar-refractivity contribution in [1.29, 1.82) is 0 Å². The van der Waals surface area contributed by atoms with Crippen molar-refractivity contribution in [2.24, 2.45) is 7.05 Å². The molecule has 1 aromatic rings. The summed E-state index contributed by atoms with van der Waals surface area (Å²) in [5, 5.41) is 4.04. The Morgan fingerprint density at radius 1 is 1.78 bits per heavy atom. The standard InChI is InChI=1S/C6H9ClN2/c1-5(7)6-3-8-9(2)4-6/h3-5H,1-2H3. The van der Waals surface area contributed by atoms with Gasteiger partial charge in [-0.05, 0) is 6.92 Å². The summed E-state index contributed by atoms with van der Waals surface area (Å²) >= 11 is 5.76. The fourth-order valence-corrected chi connectivity index (χ4v) is 0.758. The Bertz CT molecular complexity index is 193. The van der Waals surface area contributed by atoms with E-state index in [4.69, 9.17) is 11.6 Å². The fraction of sp³-hybridized carbons (Fsp3) is 0.500. The highest BCUT2D eigenvalue weighted by molar-refractivity contribution is 6.20. The molecule has 0 aliphatic carbocycles. The van der Waals surface area contributed by atoms with Crippen molar-refractivity contribution in [1.82, 2.24) is 9.78 Å². The molecule has 3 heteroatoms. The van der Waals surface area contributed by atoms with Crippen LogP contribution in [0.1, 0.15) is 17.9 Å². The monoisotopic (exact) mass is 144 g/mol. The molecule has 0 radical (unpaired) electrons. The van der Waals surface area contributed by atoms with Crippen LogP contribution < -0.4 is 0 Å². The molecule has 0 N–H and O–H groups in total. The average Bonchev–Trinajstić information content (AvgIpc) is 2.14. The van der Waals surface area contributed by atoms with Gasteiger partial charge in [-0.2, -0.15) is 5.10 Å². The Kier molecular flexibility index (Phi) is 1.76. The molecule has 0 spiro atoms.